The van der Waals surface area contributed by atoms with E-state index in [4.69, 9.17) is 9.15 Å². The van der Waals surface area contributed by atoms with E-state index in [0.717, 1.165) is 24.4 Å². The van der Waals surface area contributed by atoms with Gasteiger partial charge in [0.25, 0.3) is 0 Å². The summed E-state index contributed by atoms with van der Waals surface area (Å²) in [4.78, 5) is 12.4. The van der Waals surface area contributed by atoms with E-state index in [1.54, 1.807) is 7.11 Å². The Labute approximate surface area is 113 Å². The Balaban J connectivity index is 2.21. The Bertz CT molecular complexity index is 540. The third-order valence-electron chi connectivity index (χ3n) is 2.97. The molecule has 0 saturated heterocycles. The van der Waals surface area contributed by atoms with Crippen LogP contribution in [-0.2, 0) is 11.2 Å². The first-order valence-corrected chi connectivity index (χ1v) is 6.40. The van der Waals surface area contributed by atoms with E-state index in [1.807, 2.05) is 43.3 Å². The van der Waals surface area contributed by atoms with Gasteiger partial charge in [0.2, 0.25) is 0 Å². The summed E-state index contributed by atoms with van der Waals surface area (Å²) >= 11 is 0. The molecule has 100 valence electrons. The predicted molar refractivity (Wildman–Crippen MR) is 73.5 cm³/mol. The SMILES string of the molecule is COCCCc1oc(C)cc1C(=O)c1ccccc1. The van der Waals surface area contributed by atoms with Gasteiger partial charge in [-0.25, -0.2) is 0 Å². The molecule has 0 bridgehead atoms. The van der Waals surface area contributed by atoms with Crippen molar-refractivity contribution in [1.29, 1.82) is 0 Å². The van der Waals surface area contributed by atoms with Crippen molar-refractivity contribution in [3.8, 4) is 0 Å². The van der Waals surface area contributed by atoms with Gasteiger partial charge in [0.05, 0.1) is 5.56 Å². The largest absolute Gasteiger partial charge is 0.466 e. The third-order valence-corrected chi connectivity index (χ3v) is 2.97. The maximum Gasteiger partial charge on any atom is 0.196 e. The molecular formula is C16H18O3. The summed E-state index contributed by atoms with van der Waals surface area (Å²) in [6, 6.07) is 11.1. The molecule has 3 heteroatoms. The molecule has 1 heterocycles. The summed E-state index contributed by atoms with van der Waals surface area (Å²) < 4.78 is 10.7. The molecule has 2 aromatic rings. The number of ether oxygens (including phenoxy) is 1. The average Bonchev–Trinajstić information content (AvgIpc) is 2.80. The van der Waals surface area contributed by atoms with Gasteiger partial charge >= 0.3 is 0 Å². The normalized spacial score (nSPS) is 10.6. The second kappa shape index (κ2) is 6.34. The van der Waals surface area contributed by atoms with Crippen molar-refractivity contribution in [1.82, 2.24) is 0 Å². The van der Waals surface area contributed by atoms with Crippen molar-refractivity contribution in [2.45, 2.75) is 19.8 Å². The number of hydrogen-bond donors (Lipinski definition) is 0. The van der Waals surface area contributed by atoms with Gasteiger partial charge in [0, 0.05) is 25.7 Å². The van der Waals surface area contributed by atoms with E-state index in [1.165, 1.54) is 0 Å². The van der Waals surface area contributed by atoms with Crippen LogP contribution in [0.5, 0.6) is 0 Å². The Hall–Kier alpha value is -1.87. The van der Waals surface area contributed by atoms with Crippen LogP contribution in [0.2, 0.25) is 0 Å². The molecule has 0 spiro atoms. The molecule has 0 atom stereocenters. The van der Waals surface area contributed by atoms with Gasteiger partial charge in [0.1, 0.15) is 11.5 Å². The molecule has 0 unspecified atom stereocenters. The monoisotopic (exact) mass is 258 g/mol. The fourth-order valence-corrected chi connectivity index (χ4v) is 2.06. The summed E-state index contributed by atoms with van der Waals surface area (Å²) in [5, 5.41) is 0. The van der Waals surface area contributed by atoms with Crippen molar-refractivity contribution in [3.63, 3.8) is 0 Å². The van der Waals surface area contributed by atoms with Crippen LogP contribution in [0.3, 0.4) is 0 Å². The number of benzene rings is 1. The van der Waals surface area contributed by atoms with Crippen LogP contribution >= 0.6 is 0 Å². The molecule has 0 aliphatic rings. The number of methoxy groups -OCH3 is 1. The van der Waals surface area contributed by atoms with E-state index in [2.05, 4.69) is 0 Å². The van der Waals surface area contributed by atoms with Gasteiger partial charge in [-0.3, -0.25) is 4.79 Å². The number of carbonyl (C=O) groups excluding carboxylic acids is 1. The minimum Gasteiger partial charge on any atom is -0.466 e. The lowest BCUT2D eigenvalue weighted by Crippen LogP contribution is -2.03. The van der Waals surface area contributed by atoms with Crippen LogP contribution < -0.4 is 0 Å². The van der Waals surface area contributed by atoms with Gasteiger partial charge < -0.3 is 9.15 Å². The topological polar surface area (TPSA) is 39.4 Å². The summed E-state index contributed by atoms with van der Waals surface area (Å²) in [6.45, 7) is 2.53. The van der Waals surface area contributed by atoms with Crippen molar-refractivity contribution in [3.05, 3.63) is 59.0 Å². The third kappa shape index (κ3) is 3.32. The number of aryl methyl sites for hydroxylation is 2. The summed E-state index contributed by atoms with van der Waals surface area (Å²) in [6.07, 6.45) is 1.56. The highest BCUT2D eigenvalue weighted by Gasteiger charge is 2.17. The Morgan fingerprint density at radius 2 is 2.00 bits per heavy atom. The van der Waals surface area contributed by atoms with Crippen LogP contribution in [0.15, 0.2) is 40.8 Å². The molecule has 1 aromatic carbocycles. The minimum atomic E-state index is 0.0184. The molecule has 0 N–H and O–H groups in total. The molecule has 1 aromatic heterocycles. The summed E-state index contributed by atoms with van der Waals surface area (Å²) in [5.41, 5.74) is 1.36. The van der Waals surface area contributed by atoms with Gasteiger partial charge in [-0.2, -0.15) is 0 Å². The molecule has 3 nitrogen and oxygen atoms in total. The van der Waals surface area contributed by atoms with Crippen LogP contribution in [0, 0.1) is 6.92 Å². The smallest absolute Gasteiger partial charge is 0.196 e. The van der Waals surface area contributed by atoms with E-state index in [-0.39, 0.29) is 5.78 Å². The van der Waals surface area contributed by atoms with E-state index < -0.39 is 0 Å². The van der Waals surface area contributed by atoms with Crippen molar-refractivity contribution in [2.75, 3.05) is 13.7 Å². The van der Waals surface area contributed by atoms with E-state index in [9.17, 15) is 4.79 Å². The highest BCUT2D eigenvalue weighted by molar-refractivity contribution is 6.09. The first-order chi connectivity index (χ1) is 9.22. The molecule has 0 saturated carbocycles. The quantitative estimate of drug-likeness (QED) is 0.589. The van der Waals surface area contributed by atoms with E-state index in [0.29, 0.717) is 17.7 Å². The Kier molecular flexibility index (Phi) is 4.53. The summed E-state index contributed by atoms with van der Waals surface area (Å²) in [5.74, 6) is 1.54. The van der Waals surface area contributed by atoms with Crippen LogP contribution in [0.25, 0.3) is 0 Å². The molecule has 0 radical (unpaired) electrons. The highest BCUT2D eigenvalue weighted by Crippen LogP contribution is 2.20. The lowest BCUT2D eigenvalue weighted by molar-refractivity contribution is 0.103. The lowest BCUT2D eigenvalue weighted by Gasteiger charge is -2.02. The number of furan rings is 1. The minimum absolute atomic E-state index is 0.0184. The zero-order valence-corrected chi connectivity index (χ0v) is 11.3. The average molecular weight is 258 g/mol. The maximum absolute atomic E-state index is 12.4. The van der Waals surface area contributed by atoms with Crippen LogP contribution in [-0.4, -0.2) is 19.5 Å². The number of ketones is 1. The predicted octanol–water partition coefficient (Wildman–Crippen LogP) is 3.40. The molecule has 0 amide bonds. The first kappa shape index (κ1) is 13.6. The fraction of sp³-hybridized carbons (Fsp3) is 0.312. The maximum atomic E-state index is 12.4. The summed E-state index contributed by atoms with van der Waals surface area (Å²) in [7, 11) is 1.67. The van der Waals surface area contributed by atoms with Gasteiger partial charge in [-0.15, -0.1) is 0 Å². The number of hydrogen-bond acceptors (Lipinski definition) is 3. The van der Waals surface area contributed by atoms with Crippen LogP contribution in [0.4, 0.5) is 0 Å². The number of carbonyl (C=O) groups is 1. The highest BCUT2D eigenvalue weighted by atomic mass is 16.5. The van der Waals surface area contributed by atoms with Gasteiger partial charge in [-0.05, 0) is 19.4 Å². The fourth-order valence-electron chi connectivity index (χ4n) is 2.06. The van der Waals surface area contributed by atoms with Gasteiger partial charge in [0.15, 0.2) is 5.78 Å². The molecule has 0 aliphatic carbocycles. The Morgan fingerprint density at radius 3 is 2.68 bits per heavy atom. The molecule has 19 heavy (non-hydrogen) atoms. The molecular weight excluding hydrogens is 240 g/mol. The zero-order valence-electron chi connectivity index (χ0n) is 11.3. The molecule has 0 aliphatic heterocycles. The Morgan fingerprint density at radius 1 is 1.26 bits per heavy atom. The lowest BCUT2D eigenvalue weighted by atomic mass is 10.0. The zero-order chi connectivity index (χ0) is 13.7. The van der Waals surface area contributed by atoms with Crippen molar-refractivity contribution in [2.24, 2.45) is 0 Å². The second-order valence-electron chi connectivity index (χ2n) is 4.49. The number of rotatable bonds is 6. The standard InChI is InChI=1S/C16H18O3/c1-12-11-14(15(19-12)9-6-10-18-2)16(17)13-7-4-3-5-8-13/h3-5,7-8,11H,6,9-10H2,1-2H3. The molecule has 0 fully saturated rings. The van der Waals surface area contributed by atoms with Crippen LogP contribution in [0.1, 0.15) is 33.9 Å². The first-order valence-electron chi connectivity index (χ1n) is 6.40. The van der Waals surface area contributed by atoms with Gasteiger partial charge in [-0.1, -0.05) is 30.3 Å². The van der Waals surface area contributed by atoms with Crippen molar-refractivity contribution < 1.29 is 13.9 Å². The molecule has 2 rings (SSSR count). The van der Waals surface area contributed by atoms with Crippen molar-refractivity contribution >= 4 is 5.78 Å². The van der Waals surface area contributed by atoms with E-state index >= 15 is 0 Å². The second-order valence-corrected chi connectivity index (χ2v) is 4.49.